The molecule has 3 rings (SSSR count). The summed E-state index contributed by atoms with van der Waals surface area (Å²) in [7, 11) is 0. The van der Waals surface area contributed by atoms with E-state index < -0.39 is 0 Å². The standard InChI is InChI=1S/C16H28N4S/c1-2-12-7-8-13(11-17)14(10-12)21-16-19-18-15-6-4-3-5-9-20(15)16/h12-14H,2-11,17H2,1H3. The van der Waals surface area contributed by atoms with E-state index in [9.17, 15) is 0 Å². The first-order valence-corrected chi connectivity index (χ1v) is 9.48. The first-order valence-electron chi connectivity index (χ1n) is 8.60. The van der Waals surface area contributed by atoms with Gasteiger partial charge in [-0.05, 0) is 44.1 Å². The fourth-order valence-corrected chi connectivity index (χ4v) is 5.23. The van der Waals surface area contributed by atoms with Crippen LogP contribution in [0.3, 0.4) is 0 Å². The van der Waals surface area contributed by atoms with Gasteiger partial charge in [-0.3, -0.25) is 0 Å². The van der Waals surface area contributed by atoms with E-state index in [0.29, 0.717) is 11.2 Å². The van der Waals surface area contributed by atoms with E-state index in [1.165, 1.54) is 50.8 Å². The predicted molar refractivity (Wildman–Crippen MR) is 87.4 cm³/mol. The van der Waals surface area contributed by atoms with Crippen LogP contribution in [0, 0.1) is 11.8 Å². The molecule has 118 valence electrons. The van der Waals surface area contributed by atoms with E-state index in [1.807, 2.05) is 11.8 Å². The van der Waals surface area contributed by atoms with Crippen molar-refractivity contribution in [3.63, 3.8) is 0 Å². The van der Waals surface area contributed by atoms with Crippen LogP contribution in [0.15, 0.2) is 5.16 Å². The summed E-state index contributed by atoms with van der Waals surface area (Å²) in [5.41, 5.74) is 6.02. The number of fused-ring (bicyclic) bond motifs is 1. The van der Waals surface area contributed by atoms with Crippen molar-refractivity contribution >= 4 is 11.8 Å². The molecule has 1 saturated carbocycles. The highest BCUT2D eigenvalue weighted by atomic mass is 32.2. The van der Waals surface area contributed by atoms with Crippen molar-refractivity contribution in [1.29, 1.82) is 0 Å². The van der Waals surface area contributed by atoms with Crippen LogP contribution in [0.25, 0.3) is 0 Å². The minimum absolute atomic E-state index is 0.630. The summed E-state index contributed by atoms with van der Waals surface area (Å²) in [6.07, 6.45) is 10.2. The lowest BCUT2D eigenvalue weighted by atomic mass is 9.80. The number of thioether (sulfide) groups is 1. The molecule has 5 heteroatoms. The maximum Gasteiger partial charge on any atom is 0.191 e. The second-order valence-corrected chi connectivity index (χ2v) is 7.81. The molecular formula is C16H28N4S. The van der Waals surface area contributed by atoms with Crippen molar-refractivity contribution in [3.8, 4) is 0 Å². The van der Waals surface area contributed by atoms with Gasteiger partial charge in [0.05, 0.1) is 0 Å². The Balaban J connectivity index is 1.73. The Morgan fingerprint density at radius 3 is 2.95 bits per heavy atom. The molecule has 0 aromatic carbocycles. The number of hydrogen-bond acceptors (Lipinski definition) is 4. The molecule has 1 aliphatic heterocycles. The van der Waals surface area contributed by atoms with Crippen LogP contribution < -0.4 is 5.73 Å². The lowest BCUT2D eigenvalue weighted by Gasteiger charge is -2.34. The topological polar surface area (TPSA) is 56.7 Å². The van der Waals surface area contributed by atoms with Gasteiger partial charge >= 0.3 is 0 Å². The Bertz CT molecular complexity index is 459. The van der Waals surface area contributed by atoms with Crippen molar-refractivity contribution in [2.24, 2.45) is 17.6 Å². The van der Waals surface area contributed by atoms with Gasteiger partial charge in [0.2, 0.25) is 0 Å². The van der Waals surface area contributed by atoms with Gasteiger partial charge in [-0.2, -0.15) is 0 Å². The lowest BCUT2D eigenvalue weighted by molar-refractivity contribution is 0.283. The zero-order valence-corrected chi connectivity index (χ0v) is 13.9. The third kappa shape index (κ3) is 3.45. The third-order valence-electron chi connectivity index (χ3n) is 5.25. The highest BCUT2D eigenvalue weighted by Crippen LogP contribution is 2.40. The summed E-state index contributed by atoms with van der Waals surface area (Å²) in [5.74, 6) is 2.72. The summed E-state index contributed by atoms with van der Waals surface area (Å²) in [6, 6.07) is 0. The SMILES string of the molecule is CCC1CCC(CN)C(Sc2nnc3n2CCCCC3)C1. The van der Waals surface area contributed by atoms with Crippen LogP contribution in [0.2, 0.25) is 0 Å². The summed E-state index contributed by atoms with van der Waals surface area (Å²) in [5, 5.41) is 10.7. The highest BCUT2D eigenvalue weighted by molar-refractivity contribution is 7.99. The molecule has 0 amide bonds. The molecule has 4 nitrogen and oxygen atoms in total. The maximum absolute atomic E-state index is 6.02. The Hall–Kier alpha value is -0.550. The number of rotatable bonds is 4. The zero-order valence-electron chi connectivity index (χ0n) is 13.1. The number of hydrogen-bond donors (Lipinski definition) is 1. The predicted octanol–water partition coefficient (Wildman–Crippen LogP) is 3.25. The van der Waals surface area contributed by atoms with Gasteiger partial charge in [0.1, 0.15) is 5.82 Å². The fourth-order valence-electron chi connectivity index (χ4n) is 3.74. The molecule has 3 unspecified atom stereocenters. The van der Waals surface area contributed by atoms with Crippen molar-refractivity contribution in [2.45, 2.75) is 75.2 Å². The van der Waals surface area contributed by atoms with E-state index in [0.717, 1.165) is 30.6 Å². The molecule has 1 aromatic rings. The molecule has 1 aliphatic carbocycles. The molecular weight excluding hydrogens is 280 g/mol. The third-order valence-corrected chi connectivity index (χ3v) is 6.64. The minimum Gasteiger partial charge on any atom is -0.330 e. The summed E-state index contributed by atoms with van der Waals surface area (Å²) in [4.78, 5) is 0. The van der Waals surface area contributed by atoms with Crippen LogP contribution in [0.4, 0.5) is 0 Å². The van der Waals surface area contributed by atoms with Crippen LogP contribution in [-0.2, 0) is 13.0 Å². The maximum atomic E-state index is 6.02. The van der Waals surface area contributed by atoms with E-state index in [-0.39, 0.29) is 0 Å². The van der Waals surface area contributed by atoms with E-state index in [1.54, 1.807) is 0 Å². The van der Waals surface area contributed by atoms with Crippen molar-refractivity contribution in [2.75, 3.05) is 6.54 Å². The monoisotopic (exact) mass is 308 g/mol. The molecule has 2 aliphatic rings. The van der Waals surface area contributed by atoms with Gasteiger partial charge < -0.3 is 10.3 Å². The molecule has 21 heavy (non-hydrogen) atoms. The largest absolute Gasteiger partial charge is 0.330 e. The number of nitrogens with two attached hydrogens (primary N) is 1. The van der Waals surface area contributed by atoms with E-state index in [2.05, 4.69) is 21.7 Å². The van der Waals surface area contributed by atoms with Gasteiger partial charge in [-0.25, -0.2) is 0 Å². The number of aromatic nitrogens is 3. The number of aryl methyl sites for hydroxylation is 1. The lowest BCUT2D eigenvalue weighted by Crippen LogP contribution is -2.32. The Morgan fingerprint density at radius 1 is 1.24 bits per heavy atom. The van der Waals surface area contributed by atoms with Crippen molar-refractivity contribution < 1.29 is 0 Å². The first kappa shape index (κ1) is 15.3. The summed E-state index contributed by atoms with van der Waals surface area (Å²) >= 11 is 1.96. The van der Waals surface area contributed by atoms with E-state index in [4.69, 9.17) is 5.73 Å². The molecule has 0 radical (unpaired) electrons. The van der Waals surface area contributed by atoms with Gasteiger partial charge in [0.15, 0.2) is 5.16 Å². The molecule has 0 bridgehead atoms. The first-order chi connectivity index (χ1) is 10.3. The molecule has 2 heterocycles. The highest BCUT2D eigenvalue weighted by Gasteiger charge is 2.31. The van der Waals surface area contributed by atoms with Gasteiger partial charge in [-0.1, -0.05) is 37.9 Å². The average molecular weight is 308 g/mol. The normalized spacial score (nSPS) is 29.9. The molecule has 1 fully saturated rings. The smallest absolute Gasteiger partial charge is 0.191 e. The fraction of sp³-hybridized carbons (Fsp3) is 0.875. The number of nitrogens with zero attached hydrogens (tertiary/aromatic N) is 3. The van der Waals surface area contributed by atoms with Gasteiger partial charge in [0.25, 0.3) is 0 Å². The molecule has 2 N–H and O–H groups in total. The van der Waals surface area contributed by atoms with E-state index >= 15 is 0 Å². The molecule has 3 atom stereocenters. The van der Waals surface area contributed by atoms with Gasteiger partial charge in [0, 0.05) is 18.2 Å². The second kappa shape index (κ2) is 7.14. The van der Waals surface area contributed by atoms with Crippen molar-refractivity contribution in [3.05, 3.63) is 5.82 Å². The zero-order chi connectivity index (χ0) is 14.7. The van der Waals surface area contributed by atoms with Gasteiger partial charge in [-0.15, -0.1) is 10.2 Å². The average Bonchev–Trinajstić information content (AvgIpc) is 2.74. The summed E-state index contributed by atoms with van der Waals surface area (Å²) < 4.78 is 2.38. The Labute approximate surface area is 132 Å². The summed E-state index contributed by atoms with van der Waals surface area (Å²) in [6.45, 7) is 4.23. The Kier molecular flexibility index (Phi) is 5.22. The van der Waals surface area contributed by atoms with Crippen LogP contribution in [0.5, 0.6) is 0 Å². The van der Waals surface area contributed by atoms with Crippen LogP contribution in [-0.4, -0.2) is 26.6 Å². The minimum atomic E-state index is 0.630. The molecule has 1 aromatic heterocycles. The van der Waals surface area contributed by atoms with Crippen LogP contribution >= 0.6 is 11.8 Å². The van der Waals surface area contributed by atoms with Crippen molar-refractivity contribution in [1.82, 2.24) is 14.8 Å². The molecule has 0 spiro atoms. The van der Waals surface area contributed by atoms with Crippen LogP contribution in [0.1, 0.15) is 57.7 Å². The second-order valence-electron chi connectivity index (χ2n) is 6.60. The molecule has 0 saturated heterocycles. The Morgan fingerprint density at radius 2 is 2.14 bits per heavy atom. The quantitative estimate of drug-likeness (QED) is 0.927.